The van der Waals surface area contributed by atoms with Gasteiger partial charge in [-0.2, -0.15) is 0 Å². The zero-order valence-electron chi connectivity index (χ0n) is 20.6. The largest absolute Gasteiger partial charge is 0.398 e. The highest BCUT2D eigenvalue weighted by atomic mass is 19.1. The molecule has 5 aromatic carbocycles. The van der Waals surface area contributed by atoms with E-state index in [1.807, 2.05) is 19.1 Å². The van der Waals surface area contributed by atoms with Crippen LogP contribution in [0, 0.1) is 30.2 Å². The molecular formula is C33H25F4N. The molecule has 0 aliphatic heterocycles. The van der Waals surface area contributed by atoms with Gasteiger partial charge in [-0.3, -0.25) is 0 Å². The first-order chi connectivity index (χ1) is 18.3. The molecule has 0 aliphatic carbocycles. The molecule has 0 radical (unpaired) electrons. The van der Waals surface area contributed by atoms with E-state index in [-0.39, 0.29) is 29.2 Å². The summed E-state index contributed by atoms with van der Waals surface area (Å²) < 4.78 is 55.3. The molecule has 190 valence electrons. The molecule has 38 heavy (non-hydrogen) atoms. The van der Waals surface area contributed by atoms with E-state index in [0.29, 0.717) is 5.69 Å². The van der Waals surface area contributed by atoms with Crippen LogP contribution >= 0.6 is 0 Å². The second-order valence-corrected chi connectivity index (χ2v) is 9.41. The Kier molecular flexibility index (Phi) is 7.01. The first kappa shape index (κ1) is 25.3. The zero-order chi connectivity index (χ0) is 26.8. The molecule has 1 nitrogen and oxygen atoms in total. The normalized spacial score (nSPS) is 11.3. The van der Waals surface area contributed by atoms with Gasteiger partial charge in [0.25, 0.3) is 0 Å². The molecule has 0 saturated heterocycles. The summed E-state index contributed by atoms with van der Waals surface area (Å²) in [4.78, 5) is 0. The Morgan fingerprint density at radius 3 is 1.11 bits per heavy atom. The van der Waals surface area contributed by atoms with Crippen LogP contribution in [0.2, 0.25) is 0 Å². The topological polar surface area (TPSA) is 26.0 Å². The van der Waals surface area contributed by atoms with Crippen LogP contribution in [-0.4, -0.2) is 0 Å². The quantitative estimate of drug-likeness (QED) is 0.138. The molecule has 5 heteroatoms. The number of anilines is 1. The van der Waals surface area contributed by atoms with Gasteiger partial charge < -0.3 is 5.73 Å². The van der Waals surface area contributed by atoms with Gasteiger partial charge in [0, 0.05) is 17.5 Å². The number of nitrogen functional groups attached to an aromatic ring is 1. The zero-order valence-corrected chi connectivity index (χ0v) is 20.6. The standard InChI is InChI=1S/C33H25F4N/c1-20-18-25(31(21-2-10-26(34)11-3-21)22-4-12-27(35)13-5-22)19-30(33(20)38)32(23-6-14-28(36)15-7-23)24-8-16-29(37)17-9-24/h2-19,31-32H,38H2,1H3. The molecule has 5 aromatic rings. The molecule has 0 unspecified atom stereocenters. The van der Waals surface area contributed by atoms with Crippen LogP contribution in [0.25, 0.3) is 0 Å². The van der Waals surface area contributed by atoms with E-state index in [9.17, 15) is 17.6 Å². The Hall–Kier alpha value is -4.38. The van der Waals surface area contributed by atoms with E-state index in [0.717, 1.165) is 38.9 Å². The second kappa shape index (κ2) is 10.5. The SMILES string of the molecule is Cc1cc(C(c2ccc(F)cc2)c2ccc(F)cc2)cc(C(c2ccc(F)cc2)c2ccc(F)cc2)c1N. The minimum absolute atomic E-state index is 0.337. The lowest BCUT2D eigenvalue weighted by Crippen LogP contribution is -2.11. The highest BCUT2D eigenvalue weighted by Gasteiger charge is 2.25. The summed E-state index contributed by atoms with van der Waals surface area (Å²) in [5, 5.41) is 0. The summed E-state index contributed by atoms with van der Waals surface area (Å²) in [5.41, 5.74) is 12.9. The first-order valence-electron chi connectivity index (χ1n) is 12.2. The van der Waals surface area contributed by atoms with Crippen molar-refractivity contribution in [3.05, 3.63) is 171 Å². The van der Waals surface area contributed by atoms with Crippen molar-refractivity contribution in [1.82, 2.24) is 0 Å². The van der Waals surface area contributed by atoms with Crippen molar-refractivity contribution in [2.45, 2.75) is 18.8 Å². The van der Waals surface area contributed by atoms with E-state index in [2.05, 4.69) is 0 Å². The highest BCUT2D eigenvalue weighted by Crippen LogP contribution is 2.41. The third-order valence-corrected chi connectivity index (χ3v) is 6.90. The number of hydrogen-bond acceptors (Lipinski definition) is 1. The number of hydrogen-bond donors (Lipinski definition) is 1. The van der Waals surface area contributed by atoms with E-state index in [4.69, 9.17) is 5.73 Å². The average Bonchev–Trinajstić information content (AvgIpc) is 2.91. The summed E-state index contributed by atoms with van der Waals surface area (Å²) >= 11 is 0. The Balaban J connectivity index is 1.73. The lowest BCUT2D eigenvalue weighted by atomic mass is 9.79. The van der Waals surface area contributed by atoms with Crippen LogP contribution in [0.5, 0.6) is 0 Å². The monoisotopic (exact) mass is 511 g/mol. The van der Waals surface area contributed by atoms with Crippen LogP contribution in [-0.2, 0) is 0 Å². The van der Waals surface area contributed by atoms with Gasteiger partial charge in [-0.05, 0) is 94.4 Å². The van der Waals surface area contributed by atoms with Crippen LogP contribution in [0.3, 0.4) is 0 Å². The van der Waals surface area contributed by atoms with Crippen molar-refractivity contribution >= 4 is 5.69 Å². The van der Waals surface area contributed by atoms with Crippen molar-refractivity contribution in [2.75, 3.05) is 5.73 Å². The Labute approximate surface area is 219 Å². The molecule has 5 rings (SSSR count). The smallest absolute Gasteiger partial charge is 0.123 e. The predicted molar refractivity (Wildman–Crippen MR) is 143 cm³/mol. The molecule has 2 N–H and O–H groups in total. The van der Waals surface area contributed by atoms with E-state index in [1.165, 1.54) is 48.5 Å². The summed E-state index contributed by atoms with van der Waals surface area (Å²) in [6, 6.07) is 28.8. The van der Waals surface area contributed by atoms with Gasteiger partial charge in [0.1, 0.15) is 23.3 Å². The third kappa shape index (κ3) is 5.18. The Morgan fingerprint density at radius 1 is 0.447 bits per heavy atom. The fourth-order valence-electron chi connectivity index (χ4n) is 5.01. The Bertz CT molecular complexity index is 1450. The van der Waals surface area contributed by atoms with Crippen molar-refractivity contribution in [3.63, 3.8) is 0 Å². The maximum atomic E-state index is 13.8. The van der Waals surface area contributed by atoms with E-state index >= 15 is 0 Å². The molecule has 0 heterocycles. The fourth-order valence-corrected chi connectivity index (χ4v) is 5.01. The number of halogens is 4. The lowest BCUT2D eigenvalue weighted by molar-refractivity contribution is 0.625. The van der Waals surface area contributed by atoms with Crippen molar-refractivity contribution < 1.29 is 17.6 Å². The predicted octanol–water partition coefficient (Wildman–Crippen LogP) is 8.49. The first-order valence-corrected chi connectivity index (χ1v) is 12.2. The summed E-state index contributed by atoms with van der Waals surface area (Å²) in [5.74, 6) is -2.18. The fraction of sp³-hybridized carbons (Fsp3) is 0.0909. The van der Waals surface area contributed by atoms with Gasteiger partial charge in [0.15, 0.2) is 0 Å². The average molecular weight is 512 g/mol. The maximum Gasteiger partial charge on any atom is 0.123 e. The minimum Gasteiger partial charge on any atom is -0.398 e. The minimum atomic E-state index is -0.406. The van der Waals surface area contributed by atoms with Crippen molar-refractivity contribution in [2.24, 2.45) is 0 Å². The second-order valence-electron chi connectivity index (χ2n) is 9.41. The molecule has 0 bridgehead atoms. The number of nitrogens with two attached hydrogens (primary N) is 1. The van der Waals surface area contributed by atoms with Crippen LogP contribution in [0.1, 0.15) is 50.8 Å². The lowest BCUT2D eigenvalue weighted by Gasteiger charge is -2.26. The summed E-state index contributed by atoms with van der Waals surface area (Å²) in [7, 11) is 0. The number of rotatable bonds is 6. The third-order valence-electron chi connectivity index (χ3n) is 6.90. The van der Waals surface area contributed by atoms with Crippen LogP contribution in [0.15, 0.2) is 109 Å². The molecule has 0 atom stereocenters. The highest BCUT2D eigenvalue weighted by molar-refractivity contribution is 5.63. The molecule has 0 saturated carbocycles. The van der Waals surface area contributed by atoms with E-state index in [1.54, 1.807) is 48.5 Å². The molecule has 0 aromatic heterocycles. The summed E-state index contributed by atoms with van der Waals surface area (Å²) in [6.07, 6.45) is 0. The van der Waals surface area contributed by atoms with Gasteiger partial charge in [0.05, 0.1) is 0 Å². The van der Waals surface area contributed by atoms with Crippen LogP contribution in [0.4, 0.5) is 23.2 Å². The van der Waals surface area contributed by atoms with Gasteiger partial charge in [0.2, 0.25) is 0 Å². The number of aryl methyl sites for hydroxylation is 1. The molecular weight excluding hydrogens is 486 g/mol. The number of benzene rings is 5. The molecule has 0 fully saturated rings. The molecule has 0 amide bonds. The van der Waals surface area contributed by atoms with Gasteiger partial charge in [-0.1, -0.05) is 60.7 Å². The van der Waals surface area contributed by atoms with Gasteiger partial charge in [-0.15, -0.1) is 0 Å². The Morgan fingerprint density at radius 2 is 0.763 bits per heavy atom. The van der Waals surface area contributed by atoms with Crippen molar-refractivity contribution in [1.29, 1.82) is 0 Å². The molecule has 0 aliphatic rings. The molecule has 0 spiro atoms. The van der Waals surface area contributed by atoms with E-state index < -0.39 is 5.92 Å². The van der Waals surface area contributed by atoms with Crippen LogP contribution < -0.4 is 5.73 Å². The van der Waals surface area contributed by atoms with Gasteiger partial charge >= 0.3 is 0 Å². The maximum absolute atomic E-state index is 13.8. The van der Waals surface area contributed by atoms with Gasteiger partial charge in [-0.25, -0.2) is 17.6 Å². The van der Waals surface area contributed by atoms with Crippen molar-refractivity contribution in [3.8, 4) is 0 Å². The summed E-state index contributed by atoms with van der Waals surface area (Å²) in [6.45, 7) is 1.90.